The summed E-state index contributed by atoms with van der Waals surface area (Å²) in [6.07, 6.45) is 5.94. The molecular formula is C17H24BrNO2. The van der Waals surface area contributed by atoms with Crippen LogP contribution >= 0.6 is 15.9 Å². The largest absolute Gasteiger partial charge is 0.478 e. The molecule has 1 aliphatic rings. The predicted molar refractivity (Wildman–Crippen MR) is 90.2 cm³/mol. The Morgan fingerprint density at radius 2 is 2.05 bits per heavy atom. The zero-order valence-corrected chi connectivity index (χ0v) is 14.4. The molecule has 0 amide bonds. The molecule has 0 bridgehead atoms. The van der Waals surface area contributed by atoms with E-state index in [1.165, 1.54) is 25.7 Å². The van der Waals surface area contributed by atoms with Gasteiger partial charge in [0.1, 0.15) is 0 Å². The molecule has 3 nitrogen and oxygen atoms in total. The number of carboxylic acid groups (broad SMARTS) is 1. The molecule has 0 spiro atoms. The molecule has 4 heteroatoms. The fourth-order valence-corrected chi connectivity index (χ4v) is 3.40. The minimum Gasteiger partial charge on any atom is -0.478 e. The quantitative estimate of drug-likeness (QED) is 0.786. The Labute approximate surface area is 135 Å². The van der Waals surface area contributed by atoms with E-state index in [0.717, 1.165) is 23.1 Å². The molecule has 1 aromatic carbocycles. The molecule has 0 aliphatic heterocycles. The lowest BCUT2D eigenvalue weighted by Crippen LogP contribution is -2.35. The summed E-state index contributed by atoms with van der Waals surface area (Å²) in [5.74, 6) is -0.225. The lowest BCUT2D eigenvalue weighted by molar-refractivity contribution is 0.0697. The van der Waals surface area contributed by atoms with Crippen molar-refractivity contribution in [1.82, 2.24) is 0 Å². The molecule has 1 aliphatic carbocycles. The minimum atomic E-state index is -0.848. The molecule has 0 unspecified atom stereocenters. The molecule has 0 heterocycles. The zero-order valence-electron chi connectivity index (χ0n) is 12.8. The van der Waals surface area contributed by atoms with Crippen LogP contribution in [0.3, 0.4) is 0 Å². The Bertz CT molecular complexity index is 496. The van der Waals surface area contributed by atoms with Crippen LogP contribution in [0, 0.1) is 5.92 Å². The number of aromatic carboxylic acids is 1. The highest BCUT2D eigenvalue weighted by Gasteiger charge is 2.26. The third-order valence-corrected chi connectivity index (χ3v) is 4.70. The van der Waals surface area contributed by atoms with Crippen LogP contribution in [0.1, 0.15) is 56.3 Å². The van der Waals surface area contributed by atoms with Crippen molar-refractivity contribution in [2.24, 2.45) is 5.92 Å². The number of halogens is 1. The van der Waals surface area contributed by atoms with Gasteiger partial charge in [0.2, 0.25) is 0 Å². The molecule has 2 rings (SSSR count). The molecule has 1 N–H and O–H groups in total. The number of rotatable bonds is 6. The lowest BCUT2D eigenvalue weighted by atomic mass is 10.1. The van der Waals surface area contributed by atoms with Crippen LogP contribution < -0.4 is 4.90 Å². The molecule has 21 heavy (non-hydrogen) atoms. The molecule has 1 aromatic rings. The fourth-order valence-electron chi connectivity index (χ4n) is 3.04. The van der Waals surface area contributed by atoms with Gasteiger partial charge in [0.15, 0.2) is 0 Å². The van der Waals surface area contributed by atoms with Crippen LogP contribution in [0.2, 0.25) is 0 Å². The van der Waals surface area contributed by atoms with Gasteiger partial charge in [0.25, 0.3) is 0 Å². The van der Waals surface area contributed by atoms with Crippen LogP contribution in [0.25, 0.3) is 0 Å². The summed E-state index contributed by atoms with van der Waals surface area (Å²) in [5, 5.41) is 9.51. The molecule has 116 valence electrons. The maximum atomic E-state index is 11.6. The molecule has 1 fully saturated rings. The number of benzene rings is 1. The minimum absolute atomic E-state index is 0.403. The van der Waals surface area contributed by atoms with Crippen LogP contribution in [0.15, 0.2) is 22.7 Å². The van der Waals surface area contributed by atoms with Crippen molar-refractivity contribution >= 4 is 27.6 Å². The van der Waals surface area contributed by atoms with Gasteiger partial charge in [-0.15, -0.1) is 0 Å². The van der Waals surface area contributed by atoms with Crippen LogP contribution in [-0.2, 0) is 0 Å². The summed E-state index contributed by atoms with van der Waals surface area (Å²) in [6.45, 7) is 5.36. The Hall–Kier alpha value is -1.03. The van der Waals surface area contributed by atoms with Gasteiger partial charge in [0.05, 0.1) is 11.3 Å². The number of anilines is 1. The first kappa shape index (κ1) is 16.3. The highest BCUT2D eigenvalue weighted by Crippen LogP contribution is 2.32. The Balaban J connectivity index is 2.32. The lowest BCUT2D eigenvalue weighted by Gasteiger charge is -2.33. The summed E-state index contributed by atoms with van der Waals surface area (Å²) >= 11 is 3.38. The van der Waals surface area contributed by atoms with E-state index in [9.17, 15) is 9.90 Å². The van der Waals surface area contributed by atoms with Gasteiger partial charge >= 0.3 is 5.97 Å². The highest BCUT2D eigenvalue weighted by atomic mass is 79.9. The second kappa shape index (κ2) is 7.30. The molecule has 0 radical (unpaired) electrons. The maximum absolute atomic E-state index is 11.6. The van der Waals surface area contributed by atoms with Crippen molar-refractivity contribution in [2.75, 3.05) is 11.4 Å². The van der Waals surface area contributed by atoms with Crippen LogP contribution in [0.5, 0.6) is 0 Å². The number of hydrogen-bond acceptors (Lipinski definition) is 2. The standard InChI is InChI=1S/C17H24BrNO2/c1-12(2)9-10-19(14-5-3-4-6-14)16-8-7-13(18)11-15(16)17(20)21/h7-8,11-12,14H,3-6,9-10H2,1-2H3,(H,20,21). The van der Waals surface area contributed by atoms with Crippen molar-refractivity contribution in [3.05, 3.63) is 28.2 Å². The first-order valence-electron chi connectivity index (χ1n) is 7.78. The molecule has 0 atom stereocenters. The average Bonchev–Trinajstić information content (AvgIpc) is 2.93. The first-order valence-corrected chi connectivity index (χ1v) is 8.58. The number of carbonyl (C=O) groups is 1. The molecule has 1 saturated carbocycles. The van der Waals surface area contributed by atoms with E-state index in [1.807, 2.05) is 12.1 Å². The Kier molecular flexibility index (Phi) is 5.68. The predicted octanol–water partition coefficient (Wildman–Crippen LogP) is 4.94. The second-order valence-electron chi connectivity index (χ2n) is 6.28. The SMILES string of the molecule is CC(C)CCN(c1ccc(Br)cc1C(=O)O)C1CCCC1. The fraction of sp³-hybridized carbons (Fsp3) is 0.588. The van der Waals surface area contributed by atoms with E-state index in [4.69, 9.17) is 0 Å². The van der Waals surface area contributed by atoms with Gasteiger partial charge in [-0.2, -0.15) is 0 Å². The summed E-state index contributed by atoms with van der Waals surface area (Å²) in [5.41, 5.74) is 1.28. The monoisotopic (exact) mass is 353 g/mol. The molecular weight excluding hydrogens is 330 g/mol. The van der Waals surface area contributed by atoms with E-state index in [2.05, 4.69) is 34.7 Å². The Morgan fingerprint density at radius 3 is 2.62 bits per heavy atom. The second-order valence-corrected chi connectivity index (χ2v) is 7.20. The van der Waals surface area contributed by atoms with Gasteiger partial charge in [0, 0.05) is 17.1 Å². The Morgan fingerprint density at radius 1 is 1.38 bits per heavy atom. The third-order valence-electron chi connectivity index (χ3n) is 4.21. The van der Waals surface area contributed by atoms with Crippen LogP contribution in [0.4, 0.5) is 5.69 Å². The van der Waals surface area contributed by atoms with Crippen molar-refractivity contribution in [1.29, 1.82) is 0 Å². The van der Waals surface area contributed by atoms with Crippen molar-refractivity contribution in [2.45, 2.75) is 52.0 Å². The van der Waals surface area contributed by atoms with Gasteiger partial charge in [-0.25, -0.2) is 4.79 Å². The van der Waals surface area contributed by atoms with E-state index in [-0.39, 0.29) is 0 Å². The summed E-state index contributed by atoms with van der Waals surface area (Å²) in [7, 11) is 0. The highest BCUT2D eigenvalue weighted by molar-refractivity contribution is 9.10. The zero-order chi connectivity index (χ0) is 15.4. The van der Waals surface area contributed by atoms with Gasteiger partial charge < -0.3 is 10.0 Å². The van der Waals surface area contributed by atoms with Gasteiger partial charge in [-0.1, -0.05) is 42.6 Å². The third kappa shape index (κ3) is 4.22. The summed E-state index contributed by atoms with van der Waals surface area (Å²) in [6, 6.07) is 6.10. The van der Waals surface area contributed by atoms with Crippen molar-refractivity contribution < 1.29 is 9.90 Å². The maximum Gasteiger partial charge on any atom is 0.337 e. The van der Waals surface area contributed by atoms with E-state index in [0.29, 0.717) is 17.5 Å². The van der Waals surface area contributed by atoms with E-state index < -0.39 is 5.97 Å². The van der Waals surface area contributed by atoms with Crippen molar-refractivity contribution in [3.8, 4) is 0 Å². The van der Waals surface area contributed by atoms with E-state index >= 15 is 0 Å². The van der Waals surface area contributed by atoms with Gasteiger partial charge in [-0.05, 0) is 43.4 Å². The van der Waals surface area contributed by atoms with Gasteiger partial charge in [-0.3, -0.25) is 0 Å². The molecule has 0 saturated heterocycles. The van der Waals surface area contributed by atoms with Crippen LogP contribution in [-0.4, -0.2) is 23.7 Å². The smallest absolute Gasteiger partial charge is 0.337 e. The topological polar surface area (TPSA) is 40.5 Å². The summed E-state index contributed by atoms with van der Waals surface area (Å²) < 4.78 is 0.818. The normalized spacial score (nSPS) is 15.6. The number of hydrogen-bond donors (Lipinski definition) is 1. The first-order chi connectivity index (χ1) is 9.99. The number of nitrogens with zero attached hydrogens (tertiary/aromatic N) is 1. The summed E-state index contributed by atoms with van der Waals surface area (Å²) in [4.78, 5) is 13.9. The van der Waals surface area contributed by atoms with Crippen molar-refractivity contribution in [3.63, 3.8) is 0 Å². The number of carboxylic acids is 1. The molecule has 0 aromatic heterocycles. The average molecular weight is 354 g/mol. The van der Waals surface area contributed by atoms with E-state index in [1.54, 1.807) is 6.07 Å².